The zero-order valence-corrected chi connectivity index (χ0v) is 15.8. The van der Waals surface area contributed by atoms with Gasteiger partial charge in [-0.15, -0.1) is 16.2 Å². The fraction of sp³-hybridized carbons (Fsp3) is 0.267. The summed E-state index contributed by atoms with van der Waals surface area (Å²) in [5.41, 5.74) is 1.92. The van der Waals surface area contributed by atoms with E-state index in [1.54, 1.807) is 25.1 Å². The summed E-state index contributed by atoms with van der Waals surface area (Å²) in [6.45, 7) is 1.72. The van der Waals surface area contributed by atoms with E-state index < -0.39 is 22.8 Å². The van der Waals surface area contributed by atoms with Crippen LogP contribution in [0, 0.1) is 19.3 Å². The summed E-state index contributed by atoms with van der Waals surface area (Å²) in [5, 5.41) is 4.14. The van der Waals surface area contributed by atoms with E-state index in [9.17, 15) is 13.8 Å². The molecule has 1 N–H and O–H groups in total. The maximum Gasteiger partial charge on any atom is 0.371 e. The Bertz CT molecular complexity index is 944. The fourth-order valence-corrected chi connectivity index (χ4v) is 3.44. The van der Waals surface area contributed by atoms with Gasteiger partial charge in [0, 0.05) is 7.05 Å². The SMILES string of the molecule is C#CCSc1nn(C(=O)NOS(=O)c2c(C)cccc2OC)c(=O)n1C. The lowest BCUT2D eigenvalue weighted by Crippen LogP contribution is -2.37. The predicted octanol–water partition coefficient (Wildman–Crippen LogP) is 0.836. The zero-order valence-electron chi connectivity index (χ0n) is 14.2. The summed E-state index contributed by atoms with van der Waals surface area (Å²) in [7, 11) is 2.88. The molecule has 1 unspecified atom stereocenters. The second kappa shape index (κ2) is 8.70. The van der Waals surface area contributed by atoms with Crippen molar-refractivity contribution in [1.82, 2.24) is 19.8 Å². The van der Waals surface area contributed by atoms with Crippen LogP contribution in [0.1, 0.15) is 5.56 Å². The number of hydrogen-bond donors (Lipinski definition) is 1. The van der Waals surface area contributed by atoms with Crippen molar-refractivity contribution in [2.75, 3.05) is 12.9 Å². The lowest BCUT2D eigenvalue weighted by atomic mass is 10.2. The normalized spacial score (nSPS) is 11.6. The summed E-state index contributed by atoms with van der Waals surface area (Å²) in [4.78, 5) is 24.4. The van der Waals surface area contributed by atoms with Crippen LogP contribution in [0.2, 0.25) is 0 Å². The lowest BCUT2D eigenvalue weighted by molar-refractivity contribution is 0.186. The number of thioether (sulfide) groups is 1. The van der Waals surface area contributed by atoms with Gasteiger partial charge in [0.05, 0.1) is 12.9 Å². The Morgan fingerprint density at radius 2 is 2.23 bits per heavy atom. The zero-order chi connectivity index (χ0) is 19.3. The molecule has 138 valence electrons. The molecule has 26 heavy (non-hydrogen) atoms. The molecule has 1 aromatic carbocycles. The molecule has 0 saturated heterocycles. The third-order valence-corrected chi connectivity index (χ3v) is 5.20. The van der Waals surface area contributed by atoms with Crippen LogP contribution in [0.3, 0.4) is 0 Å². The minimum absolute atomic E-state index is 0.268. The van der Waals surface area contributed by atoms with Crippen LogP contribution in [0.4, 0.5) is 4.79 Å². The van der Waals surface area contributed by atoms with Gasteiger partial charge in [0.2, 0.25) is 11.1 Å². The fourth-order valence-electron chi connectivity index (χ4n) is 1.94. The van der Waals surface area contributed by atoms with Gasteiger partial charge in [0.25, 0.3) is 0 Å². The second-order valence-corrected chi connectivity index (χ2v) is 6.85. The molecule has 1 atom stereocenters. The van der Waals surface area contributed by atoms with Crippen molar-refractivity contribution in [2.24, 2.45) is 7.05 Å². The Balaban J connectivity index is 2.14. The van der Waals surface area contributed by atoms with Gasteiger partial charge in [-0.2, -0.15) is 9.76 Å². The molecular weight excluding hydrogens is 380 g/mol. The molecule has 0 saturated carbocycles. The summed E-state index contributed by atoms with van der Waals surface area (Å²) >= 11 is -0.924. The molecule has 0 bridgehead atoms. The number of ether oxygens (including phenoxy) is 1. The number of hydroxylamine groups is 1. The number of amides is 1. The second-order valence-electron chi connectivity index (χ2n) is 4.86. The van der Waals surface area contributed by atoms with Gasteiger partial charge in [-0.25, -0.2) is 13.8 Å². The molecule has 0 aliphatic heterocycles. The Hall–Kier alpha value is -2.55. The number of benzene rings is 1. The number of methoxy groups -OCH3 is 1. The Morgan fingerprint density at radius 1 is 1.50 bits per heavy atom. The number of nitrogens with zero attached hydrogens (tertiary/aromatic N) is 3. The number of terminal acetylenes is 1. The molecule has 9 nitrogen and oxygen atoms in total. The summed E-state index contributed by atoms with van der Waals surface area (Å²) in [6, 6.07) is 4.08. The minimum atomic E-state index is -2.05. The van der Waals surface area contributed by atoms with Crippen LogP contribution in [-0.4, -0.2) is 37.5 Å². The molecule has 0 aliphatic carbocycles. The average Bonchev–Trinajstić information content (AvgIpc) is 2.92. The van der Waals surface area contributed by atoms with Crippen LogP contribution in [0.25, 0.3) is 0 Å². The van der Waals surface area contributed by atoms with E-state index in [1.807, 2.05) is 5.48 Å². The van der Waals surface area contributed by atoms with Gasteiger partial charge in [0.1, 0.15) is 10.6 Å². The third kappa shape index (κ3) is 4.16. The monoisotopic (exact) mass is 396 g/mol. The third-order valence-electron chi connectivity index (χ3n) is 3.18. The maximum atomic E-state index is 12.3. The predicted molar refractivity (Wildman–Crippen MR) is 96.2 cm³/mol. The van der Waals surface area contributed by atoms with Crippen molar-refractivity contribution < 1.29 is 18.0 Å². The van der Waals surface area contributed by atoms with Gasteiger partial charge < -0.3 is 4.74 Å². The van der Waals surface area contributed by atoms with Gasteiger partial charge >= 0.3 is 11.7 Å². The number of aryl methyl sites for hydroxylation is 1. The first kappa shape index (κ1) is 19.8. The first-order valence-corrected chi connectivity index (χ1v) is 9.22. The van der Waals surface area contributed by atoms with Crippen molar-refractivity contribution in [3.05, 3.63) is 34.2 Å². The van der Waals surface area contributed by atoms with Gasteiger partial charge in [-0.05, 0) is 18.6 Å². The summed E-state index contributed by atoms with van der Waals surface area (Å²) in [5.74, 6) is 3.04. The highest BCUT2D eigenvalue weighted by molar-refractivity contribution is 7.99. The summed E-state index contributed by atoms with van der Waals surface area (Å²) in [6.07, 6.45) is 5.17. The molecule has 0 spiro atoms. The van der Waals surface area contributed by atoms with Gasteiger partial charge in [0.15, 0.2) is 5.16 Å². The van der Waals surface area contributed by atoms with E-state index in [4.69, 9.17) is 15.4 Å². The molecule has 11 heteroatoms. The smallest absolute Gasteiger partial charge is 0.371 e. The van der Waals surface area contributed by atoms with Gasteiger partial charge in [-0.1, -0.05) is 29.8 Å². The topological polar surface area (TPSA) is 104 Å². The number of carbonyl (C=O) groups is 1. The first-order chi connectivity index (χ1) is 12.4. The van der Waals surface area contributed by atoms with Crippen LogP contribution in [-0.2, 0) is 22.4 Å². The molecule has 2 rings (SSSR count). The van der Waals surface area contributed by atoms with Crippen molar-refractivity contribution in [1.29, 1.82) is 0 Å². The molecule has 1 aromatic heterocycles. The molecule has 1 amide bonds. The Kier molecular flexibility index (Phi) is 6.62. The highest BCUT2D eigenvalue weighted by Gasteiger charge is 2.20. The van der Waals surface area contributed by atoms with Crippen LogP contribution < -0.4 is 15.9 Å². The number of aromatic nitrogens is 3. The van der Waals surface area contributed by atoms with Crippen molar-refractivity contribution in [3.63, 3.8) is 0 Å². The van der Waals surface area contributed by atoms with Crippen LogP contribution >= 0.6 is 11.8 Å². The van der Waals surface area contributed by atoms with Crippen LogP contribution in [0.15, 0.2) is 33.0 Å². The number of rotatable bonds is 6. The highest BCUT2D eigenvalue weighted by Crippen LogP contribution is 2.25. The van der Waals surface area contributed by atoms with Crippen molar-refractivity contribution in [3.8, 4) is 18.1 Å². The van der Waals surface area contributed by atoms with E-state index in [-0.39, 0.29) is 10.1 Å². The number of nitrogens with one attached hydrogen (secondary N) is 1. The van der Waals surface area contributed by atoms with E-state index in [2.05, 4.69) is 11.0 Å². The number of hydrogen-bond acceptors (Lipinski definition) is 7. The Labute approximate surface area is 156 Å². The number of carbonyl (C=O) groups excluding carboxylic acids is 1. The lowest BCUT2D eigenvalue weighted by Gasteiger charge is -2.10. The molecule has 1 heterocycles. The average molecular weight is 396 g/mol. The molecule has 0 fully saturated rings. The molecular formula is C15H16N4O5S2. The standard InChI is InChI=1S/C15H16N4O5S2/c1-5-9-25-14-16-19(15(21)18(14)3)13(20)17-24-26(22)12-10(2)7-6-8-11(12)23-4/h1,6-8H,9H2,2-4H3,(H,17,20). The van der Waals surface area contributed by atoms with E-state index in [0.717, 1.165) is 11.8 Å². The van der Waals surface area contributed by atoms with E-state index in [1.165, 1.54) is 18.7 Å². The first-order valence-electron chi connectivity index (χ1n) is 7.16. The summed E-state index contributed by atoms with van der Waals surface area (Å²) < 4.78 is 24.1. The van der Waals surface area contributed by atoms with Gasteiger partial charge in [-0.3, -0.25) is 4.57 Å². The van der Waals surface area contributed by atoms with E-state index in [0.29, 0.717) is 21.7 Å². The molecule has 0 radical (unpaired) electrons. The maximum absolute atomic E-state index is 12.3. The van der Waals surface area contributed by atoms with Crippen molar-refractivity contribution in [2.45, 2.75) is 17.0 Å². The highest BCUT2D eigenvalue weighted by atomic mass is 32.2. The molecule has 2 aromatic rings. The van der Waals surface area contributed by atoms with Crippen molar-refractivity contribution >= 4 is 28.9 Å². The molecule has 0 aliphatic rings. The largest absolute Gasteiger partial charge is 0.495 e. The van der Waals surface area contributed by atoms with Crippen LogP contribution in [0.5, 0.6) is 5.75 Å². The van der Waals surface area contributed by atoms with E-state index >= 15 is 0 Å². The minimum Gasteiger partial charge on any atom is -0.495 e. The Morgan fingerprint density at radius 3 is 2.88 bits per heavy atom. The quantitative estimate of drug-likeness (QED) is 0.438.